The molecule has 0 radical (unpaired) electrons. The molecule has 1 amide bonds. The lowest BCUT2D eigenvalue weighted by atomic mass is 10.1. The Morgan fingerprint density at radius 1 is 1.16 bits per heavy atom. The molecular formula is C20H21N3O2. The molecule has 5 nitrogen and oxygen atoms in total. The number of nitrogens with one attached hydrogen (secondary N) is 2. The Morgan fingerprint density at radius 3 is 2.72 bits per heavy atom. The van der Waals surface area contributed by atoms with Crippen molar-refractivity contribution in [3.63, 3.8) is 0 Å². The number of aromatic amines is 1. The summed E-state index contributed by atoms with van der Waals surface area (Å²) in [5, 5.41) is 9.92. The lowest BCUT2D eigenvalue weighted by molar-refractivity contribution is 0.0949. The second-order valence-corrected chi connectivity index (χ2v) is 5.85. The van der Waals surface area contributed by atoms with Crippen LogP contribution >= 0.6 is 0 Å². The molecule has 2 N–H and O–H groups in total. The van der Waals surface area contributed by atoms with Gasteiger partial charge in [-0.1, -0.05) is 48.0 Å². The zero-order chi connectivity index (χ0) is 17.6. The third-order valence-corrected chi connectivity index (χ3v) is 4.01. The Labute approximate surface area is 147 Å². The normalized spacial score (nSPS) is 10.5. The number of nitrogens with zero attached hydrogens (tertiary/aromatic N) is 1. The number of benzene rings is 2. The van der Waals surface area contributed by atoms with E-state index in [4.69, 9.17) is 4.74 Å². The van der Waals surface area contributed by atoms with Crippen molar-refractivity contribution in [2.45, 2.75) is 13.3 Å². The van der Waals surface area contributed by atoms with Crippen molar-refractivity contribution in [1.29, 1.82) is 0 Å². The van der Waals surface area contributed by atoms with E-state index in [1.54, 1.807) is 13.2 Å². The second-order valence-electron chi connectivity index (χ2n) is 5.85. The van der Waals surface area contributed by atoms with E-state index < -0.39 is 0 Å². The summed E-state index contributed by atoms with van der Waals surface area (Å²) in [4.78, 5) is 12.3. The minimum atomic E-state index is -0.165. The van der Waals surface area contributed by atoms with Crippen molar-refractivity contribution in [3.8, 4) is 17.0 Å². The molecule has 0 atom stereocenters. The van der Waals surface area contributed by atoms with Crippen LogP contribution in [0.2, 0.25) is 0 Å². The number of amides is 1. The summed E-state index contributed by atoms with van der Waals surface area (Å²) in [6.45, 7) is 2.57. The van der Waals surface area contributed by atoms with Crippen molar-refractivity contribution in [1.82, 2.24) is 15.5 Å². The molecule has 0 fully saturated rings. The summed E-state index contributed by atoms with van der Waals surface area (Å²) in [5.41, 5.74) is 4.43. The summed E-state index contributed by atoms with van der Waals surface area (Å²) >= 11 is 0. The van der Waals surface area contributed by atoms with Crippen LogP contribution in [0.25, 0.3) is 11.3 Å². The largest absolute Gasteiger partial charge is 0.496 e. The van der Waals surface area contributed by atoms with Crippen LogP contribution in [0.5, 0.6) is 5.75 Å². The predicted octanol–water partition coefficient (Wildman–Crippen LogP) is 3.37. The fourth-order valence-corrected chi connectivity index (χ4v) is 2.70. The summed E-state index contributed by atoms with van der Waals surface area (Å²) < 4.78 is 5.37. The highest BCUT2D eigenvalue weighted by atomic mass is 16.5. The van der Waals surface area contributed by atoms with E-state index >= 15 is 0 Å². The lowest BCUT2D eigenvalue weighted by Gasteiger charge is -2.10. The van der Waals surface area contributed by atoms with Gasteiger partial charge in [-0.25, -0.2) is 0 Å². The van der Waals surface area contributed by atoms with Crippen molar-refractivity contribution in [2.24, 2.45) is 0 Å². The summed E-state index contributed by atoms with van der Waals surface area (Å²) in [7, 11) is 1.66. The highest BCUT2D eigenvalue weighted by Crippen LogP contribution is 2.20. The van der Waals surface area contributed by atoms with Crippen LogP contribution in [0.15, 0.2) is 54.6 Å². The molecule has 3 rings (SSSR count). The zero-order valence-electron chi connectivity index (χ0n) is 14.4. The first kappa shape index (κ1) is 16.8. The van der Waals surface area contributed by atoms with Gasteiger partial charge in [0.2, 0.25) is 0 Å². The molecule has 0 aliphatic heterocycles. The summed E-state index contributed by atoms with van der Waals surface area (Å²) in [5.74, 6) is 0.675. The van der Waals surface area contributed by atoms with E-state index in [1.165, 1.54) is 5.56 Å². The van der Waals surface area contributed by atoms with Crippen LogP contribution in [0.1, 0.15) is 21.6 Å². The highest BCUT2D eigenvalue weighted by Gasteiger charge is 2.11. The van der Waals surface area contributed by atoms with Gasteiger partial charge < -0.3 is 10.1 Å². The molecule has 1 aromatic heterocycles. The van der Waals surface area contributed by atoms with E-state index in [-0.39, 0.29) is 5.91 Å². The van der Waals surface area contributed by atoms with E-state index in [9.17, 15) is 4.79 Å². The molecule has 1 heterocycles. The van der Waals surface area contributed by atoms with Gasteiger partial charge in [0.05, 0.1) is 12.8 Å². The van der Waals surface area contributed by atoms with Gasteiger partial charge in [0.1, 0.15) is 11.4 Å². The first-order valence-corrected chi connectivity index (χ1v) is 8.20. The van der Waals surface area contributed by atoms with Crippen molar-refractivity contribution in [2.75, 3.05) is 13.7 Å². The molecule has 0 saturated carbocycles. The molecular weight excluding hydrogens is 314 g/mol. The van der Waals surface area contributed by atoms with Gasteiger partial charge in [-0.2, -0.15) is 5.10 Å². The number of carbonyl (C=O) groups is 1. The maximum Gasteiger partial charge on any atom is 0.269 e. The number of carbonyl (C=O) groups excluding carboxylic acids is 1. The van der Waals surface area contributed by atoms with Crippen LogP contribution in [-0.2, 0) is 6.42 Å². The van der Waals surface area contributed by atoms with Crippen LogP contribution in [0, 0.1) is 6.92 Å². The molecule has 25 heavy (non-hydrogen) atoms. The zero-order valence-corrected chi connectivity index (χ0v) is 14.4. The Hall–Kier alpha value is -3.08. The number of aromatic nitrogens is 2. The quantitative estimate of drug-likeness (QED) is 0.726. The molecule has 128 valence electrons. The Kier molecular flexibility index (Phi) is 5.14. The smallest absolute Gasteiger partial charge is 0.269 e. The molecule has 0 aliphatic carbocycles. The maximum absolute atomic E-state index is 12.3. The van der Waals surface area contributed by atoms with E-state index in [0.29, 0.717) is 18.7 Å². The van der Waals surface area contributed by atoms with Gasteiger partial charge >= 0.3 is 0 Å². The Morgan fingerprint density at radius 2 is 1.96 bits per heavy atom. The topological polar surface area (TPSA) is 67.0 Å². The fourth-order valence-electron chi connectivity index (χ4n) is 2.70. The van der Waals surface area contributed by atoms with E-state index in [1.807, 2.05) is 49.4 Å². The van der Waals surface area contributed by atoms with Gasteiger partial charge in [-0.3, -0.25) is 9.89 Å². The van der Waals surface area contributed by atoms with Crippen molar-refractivity contribution < 1.29 is 9.53 Å². The molecule has 0 aliphatic rings. The molecule has 2 aromatic carbocycles. The minimum absolute atomic E-state index is 0.165. The molecule has 5 heteroatoms. The molecule has 0 unspecified atom stereocenters. The Balaban J connectivity index is 1.60. The average Bonchev–Trinajstić information content (AvgIpc) is 3.13. The predicted molar refractivity (Wildman–Crippen MR) is 97.8 cm³/mol. The summed E-state index contributed by atoms with van der Waals surface area (Å²) in [6, 6.07) is 17.6. The van der Waals surface area contributed by atoms with Gasteiger partial charge in [0.25, 0.3) is 5.91 Å². The number of rotatable bonds is 6. The number of methoxy groups -OCH3 is 1. The number of hydrogen-bond donors (Lipinski definition) is 2. The van der Waals surface area contributed by atoms with E-state index in [2.05, 4.69) is 21.6 Å². The standard InChI is InChI=1S/C20H21N3O2/c1-14-8-9-19(25-2)16(12-14)10-11-21-20(24)18-13-17(22-23-18)15-6-4-3-5-7-15/h3-9,12-13H,10-11H2,1-2H3,(H,21,24)(H,22,23). The number of aryl methyl sites for hydroxylation is 1. The molecule has 0 spiro atoms. The lowest BCUT2D eigenvalue weighted by Crippen LogP contribution is -2.26. The van der Waals surface area contributed by atoms with Gasteiger partial charge in [0, 0.05) is 12.1 Å². The molecule has 0 bridgehead atoms. The second kappa shape index (κ2) is 7.66. The van der Waals surface area contributed by atoms with E-state index in [0.717, 1.165) is 22.6 Å². The van der Waals surface area contributed by atoms with Crippen LogP contribution in [0.4, 0.5) is 0 Å². The van der Waals surface area contributed by atoms with Crippen molar-refractivity contribution in [3.05, 3.63) is 71.4 Å². The molecule has 3 aromatic rings. The number of hydrogen-bond acceptors (Lipinski definition) is 3. The first-order chi connectivity index (χ1) is 12.2. The van der Waals surface area contributed by atoms with Gasteiger partial charge in [-0.05, 0) is 31.0 Å². The third kappa shape index (κ3) is 4.07. The Bertz CT molecular complexity index is 856. The van der Waals surface area contributed by atoms with Crippen molar-refractivity contribution >= 4 is 5.91 Å². The third-order valence-electron chi connectivity index (χ3n) is 4.01. The minimum Gasteiger partial charge on any atom is -0.496 e. The average molecular weight is 335 g/mol. The van der Waals surface area contributed by atoms with Gasteiger partial charge in [0.15, 0.2) is 0 Å². The SMILES string of the molecule is COc1ccc(C)cc1CCNC(=O)c1cc(-c2ccccc2)n[nH]1. The summed E-state index contributed by atoms with van der Waals surface area (Å²) in [6.07, 6.45) is 0.705. The fraction of sp³-hybridized carbons (Fsp3) is 0.200. The van der Waals surface area contributed by atoms with Crippen LogP contribution < -0.4 is 10.1 Å². The number of H-pyrrole nitrogens is 1. The van der Waals surface area contributed by atoms with Crippen LogP contribution in [-0.4, -0.2) is 29.8 Å². The molecule has 0 saturated heterocycles. The monoisotopic (exact) mass is 335 g/mol. The van der Waals surface area contributed by atoms with Crippen LogP contribution in [0.3, 0.4) is 0 Å². The highest BCUT2D eigenvalue weighted by molar-refractivity contribution is 5.93. The number of ether oxygens (including phenoxy) is 1. The first-order valence-electron chi connectivity index (χ1n) is 8.20. The maximum atomic E-state index is 12.3. The van der Waals surface area contributed by atoms with Gasteiger partial charge in [-0.15, -0.1) is 0 Å².